The molecule has 1 aromatic carbocycles. The number of benzene rings is 1. The van der Waals surface area contributed by atoms with Crippen LogP contribution in [0.3, 0.4) is 0 Å². The number of hydrogen-bond donors (Lipinski definition) is 1. The van der Waals surface area contributed by atoms with E-state index in [9.17, 15) is 8.42 Å². The highest BCUT2D eigenvalue weighted by Crippen LogP contribution is 2.25. The van der Waals surface area contributed by atoms with Crippen LogP contribution < -0.4 is 4.72 Å². The van der Waals surface area contributed by atoms with Crippen LogP contribution in [0.25, 0.3) is 0 Å². The van der Waals surface area contributed by atoms with E-state index in [0.717, 1.165) is 17.0 Å². The molecule has 0 fully saturated rings. The SMILES string of the molecule is Cc1cc(CNS(=O)(=O)c2ccc(Cl)c(Cl)c2)c(C)n1C. The van der Waals surface area contributed by atoms with E-state index in [1.54, 1.807) is 0 Å². The van der Waals surface area contributed by atoms with Crippen molar-refractivity contribution in [1.29, 1.82) is 0 Å². The molecular formula is C14H16Cl2N2O2S. The van der Waals surface area contributed by atoms with Crippen LogP contribution >= 0.6 is 23.2 Å². The highest BCUT2D eigenvalue weighted by molar-refractivity contribution is 7.89. The molecule has 2 rings (SSSR count). The second-order valence-corrected chi connectivity index (χ2v) is 7.44. The quantitative estimate of drug-likeness (QED) is 0.921. The van der Waals surface area contributed by atoms with Gasteiger partial charge in [0.1, 0.15) is 0 Å². The molecule has 21 heavy (non-hydrogen) atoms. The van der Waals surface area contributed by atoms with Gasteiger partial charge in [-0.15, -0.1) is 0 Å². The first-order valence-electron chi connectivity index (χ1n) is 6.29. The van der Waals surface area contributed by atoms with Crippen LogP contribution in [0.15, 0.2) is 29.2 Å². The minimum Gasteiger partial charge on any atom is -0.352 e. The molecule has 0 saturated carbocycles. The molecule has 0 spiro atoms. The zero-order chi connectivity index (χ0) is 15.8. The summed E-state index contributed by atoms with van der Waals surface area (Å²) in [6.07, 6.45) is 0. The Balaban J connectivity index is 2.21. The van der Waals surface area contributed by atoms with E-state index in [2.05, 4.69) is 4.72 Å². The highest BCUT2D eigenvalue weighted by atomic mass is 35.5. The van der Waals surface area contributed by atoms with E-state index < -0.39 is 10.0 Å². The summed E-state index contributed by atoms with van der Waals surface area (Å²) >= 11 is 11.7. The van der Waals surface area contributed by atoms with Crippen molar-refractivity contribution in [3.63, 3.8) is 0 Å². The Bertz CT molecular complexity index is 783. The minimum atomic E-state index is -3.62. The standard InChI is InChI=1S/C14H16Cl2N2O2S/c1-9-6-11(10(2)18(9)3)8-17-21(19,20)12-4-5-13(15)14(16)7-12/h4-7,17H,8H2,1-3H3. The van der Waals surface area contributed by atoms with E-state index in [-0.39, 0.29) is 16.5 Å². The monoisotopic (exact) mass is 346 g/mol. The van der Waals surface area contributed by atoms with E-state index in [1.807, 2.05) is 31.5 Å². The lowest BCUT2D eigenvalue weighted by atomic mass is 10.2. The highest BCUT2D eigenvalue weighted by Gasteiger charge is 2.16. The van der Waals surface area contributed by atoms with Crippen molar-refractivity contribution in [2.45, 2.75) is 25.3 Å². The molecule has 114 valence electrons. The third-order valence-corrected chi connectivity index (χ3v) is 5.67. The van der Waals surface area contributed by atoms with Gasteiger partial charge < -0.3 is 4.57 Å². The molecule has 0 unspecified atom stereocenters. The van der Waals surface area contributed by atoms with Crippen molar-refractivity contribution in [2.75, 3.05) is 0 Å². The fraction of sp³-hybridized carbons (Fsp3) is 0.286. The van der Waals surface area contributed by atoms with Gasteiger partial charge in [-0.2, -0.15) is 0 Å². The first kappa shape index (κ1) is 16.4. The first-order chi connectivity index (χ1) is 9.72. The Labute approximate surface area is 134 Å². The van der Waals surface area contributed by atoms with Gasteiger partial charge in [0.05, 0.1) is 14.9 Å². The molecule has 1 heterocycles. The predicted molar refractivity (Wildman–Crippen MR) is 85.4 cm³/mol. The molecule has 0 bridgehead atoms. The fourth-order valence-corrected chi connectivity index (χ4v) is 3.41. The summed E-state index contributed by atoms with van der Waals surface area (Å²) in [6, 6.07) is 6.21. The predicted octanol–water partition coefficient (Wildman–Crippen LogP) is 3.43. The van der Waals surface area contributed by atoms with Crippen LogP contribution in [0.4, 0.5) is 0 Å². The zero-order valence-corrected chi connectivity index (χ0v) is 14.3. The van der Waals surface area contributed by atoms with Crippen molar-refractivity contribution in [3.05, 3.63) is 51.3 Å². The Morgan fingerprint density at radius 3 is 2.33 bits per heavy atom. The number of hydrogen-bond acceptors (Lipinski definition) is 2. The van der Waals surface area contributed by atoms with Gasteiger partial charge in [0, 0.05) is 25.0 Å². The van der Waals surface area contributed by atoms with Gasteiger partial charge in [-0.3, -0.25) is 0 Å². The average Bonchev–Trinajstić information content (AvgIpc) is 2.67. The van der Waals surface area contributed by atoms with Gasteiger partial charge in [-0.25, -0.2) is 13.1 Å². The second-order valence-electron chi connectivity index (χ2n) is 4.86. The van der Waals surface area contributed by atoms with E-state index >= 15 is 0 Å². The summed E-state index contributed by atoms with van der Waals surface area (Å²) in [4.78, 5) is 0.0993. The summed E-state index contributed by atoms with van der Waals surface area (Å²) in [5.41, 5.74) is 3.05. The molecule has 0 atom stereocenters. The maximum atomic E-state index is 12.3. The van der Waals surface area contributed by atoms with Gasteiger partial charge >= 0.3 is 0 Å². The molecule has 0 aliphatic rings. The number of nitrogens with zero attached hydrogens (tertiary/aromatic N) is 1. The molecule has 7 heteroatoms. The maximum Gasteiger partial charge on any atom is 0.240 e. The number of aryl methyl sites for hydroxylation is 1. The molecular weight excluding hydrogens is 331 g/mol. The molecule has 0 amide bonds. The fourth-order valence-electron chi connectivity index (χ4n) is 2.01. The Morgan fingerprint density at radius 2 is 1.81 bits per heavy atom. The van der Waals surface area contributed by atoms with Crippen LogP contribution in [0.2, 0.25) is 10.0 Å². The van der Waals surface area contributed by atoms with Crippen LogP contribution in [0, 0.1) is 13.8 Å². The average molecular weight is 347 g/mol. The van der Waals surface area contributed by atoms with Crippen molar-refractivity contribution < 1.29 is 8.42 Å². The summed E-state index contributed by atoms with van der Waals surface area (Å²) in [7, 11) is -1.67. The summed E-state index contributed by atoms with van der Waals surface area (Å²) in [5, 5.41) is 0.538. The molecule has 1 N–H and O–H groups in total. The first-order valence-corrected chi connectivity index (χ1v) is 8.53. The van der Waals surface area contributed by atoms with Crippen LogP contribution in [-0.2, 0) is 23.6 Å². The summed E-state index contributed by atoms with van der Waals surface area (Å²) < 4.78 is 29.1. The van der Waals surface area contributed by atoms with Crippen molar-refractivity contribution in [2.24, 2.45) is 7.05 Å². The smallest absolute Gasteiger partial charge is 0.240 e. The van der Waals surface area contributed by atoms with E-state index in [0.29, 0.717) is 5.02 Å². The second kappa shape index (κ2) is 6.01. The molecule has 4 nitrogen and oxygen atoms in total. The number of sulfonamides is 1. The van der Waals surface area contributed by atoms with Crippen LogP contribution in [0.1, 0.15) is 17.0 Å². The molecule has 0 aliphatic carbocycles. The summed E-state index contributed by atoms with van der Waals surface area (Å²) in [6.45, 7) is 4.16. The van der Waals surface area contributed by atoms with E-state index in [4.69, 9.17) is 23.2 Å². The lowest BCUT2D eigenvalue weighted by molar-refractivity contribution is 0.581. The molecule has 0 saturated heterocycles. The Morgan fingerprint density at radius 1 is 1.14 bits per heavy atom. The largest absolute Gasteiger partial charge is 0.352 e. The summed E-state index contributed by atoms with van der Waals surface area (Å²) in [5.74, 6) is 0. The van der Waals surface area contributed by atoms with E-state index in [1.165, 1.54) is 18.2 Å². The van der Waals surface area contributed by atoms with Gasteiger partial charge in [0.15, 0.2) is 0 Å². The number of nitrogens with one attached hydrogen (secondary N) is 1. The van der Waals surface area contributed by atoms with Crippen LogP contribution in [-0.4, -0.2) is 13.0 Å². The van der Waals surface area contributed by atoms with Gasteiger partial charge in [-0.05, 0) is 43.7 Å². The zero-order valence-electron chi connectivity index (χ0n) is 11.9. The lowest BCUT2D eigenvalue weighted by Gasteiger charge is -2.08. The Hall–Kier alpha value is -1.01. The van der Waals surface area contributed by atoms with Crippen molar-refractivity contribution in [1.82, 2.24) is 9.29 Å². The maximum absolute atomic E-state index is 12.3. The van der Waals surface area contributed by atoms with Crippen LogP contribution in [0.5, 0.6) is 0 Å². The lowest BCUT2D eigenvalue weighted by Crippen LogP contribution is -2.23. The number of rotatable bonds is 4. The normalized spacial score (nSPS) is 11.9. The van der Waals surface area contributed by atoms with Gasteiger partial charge in [0.25, 0.3) is 0 Å². The Kier molecular flexibility index (Phi) is 4.68. The van der Waals surface area contributed by atoms with Crippen molar-refractivity contribution in [3.8, 4) is 0 Å². The number of halogens is 2. The minimum absolute atomic E-state index is 0.0993. The molecule has 0 radical (unpaired) electrons. The topological polar surface area (TPSA) is 51.1 Å². The third kappa shape index (κ3) is 3.43. The molecule has 2 aromatic rings. The molecule has 0 aliphatic heterocycles. The van der Waals surface area contributed by atoms with Gasteiger partial charge in [-0.1, -0.05) is 23.2 Å². The third-order valence-electron chi connectivity index (χ3n) is 3.53. The molecule has 1 aromatic heterocycles. The van der Waals surface area contributed by atoms with Gasteiger partial charge in [0.2, 0.25) is 10.0 Å². The number of aromatic nitrogens is 1. The van der Waals surface area contributed by atoms with Crippen molar-refractivity contribution >= 4 is 33.2 Å².